The number of likely N-dealkylation sites (tertiary alicyclic amines) is 1. The Labute approximate surface area is 185 Å². The van der Waals surface area contributed by atoms with Gasteiger partial charge in [0.1, 0.15) is 11.5 Å². The van der Waals surface area contributed by atoms with Gasteiger partial charge >= 0.3 is 0 Å². The van der Waals surface area contributed by atoms with Crippen molar-refractivity contribution in [3.8, 4) is 5.75 Å². The molecule has 2 aliphatic rings. The number of Topliss-reactive ketones (excluding diaryl/α,β-unsaturated/α-hetero) is 1. The number of ether oxygens (including phenoxy) is 2. The number of aliphatic hydroxyl groups is 1. The minimum absolute atomic E-state index is 0.0860. The Balaban J connectivity index is 1.65. The highest BCUT2D eigenvalue weighted by molar-refractivity contribution is 6.46. The normalized spacial score (nSPS) is 22.7. The summed E-state index contributed by atoms with van der Waals surface area (Å²) in [6.07, 6.45) is 3.30. The topological polar surface area (TPSA) is 91.9 Å². The van der Waals surface area contributed by atoms with Gasteiger partial charge < -0.3 is 24.5 Å². The molecular weight excluding hydrogens is 408 g/mol. The first-order valence-electron chi connectivity index (χ1n) is 10.7. The highest BCUT2D eigenvalue weighted by Crippen LogP contribution is 2.41. The standard InChI is InChI=1S/C25H24N2O5/c1-31-16-10-8-15(9-11-16)22-21(23(28)19-13-26-20-7-3-2-6-18(19)20)24(29)25(30)27(22)14-17-5-4-12-32-17/h2-3,6-11,13,17,22,26,28H,4-5,12,14H2,1H3/b23-21-. The van der Waals surface area contributed by atoms with E-state index in [9.17, 15) is 14.7 Å². The summed E-state index contributed by atoms with van der Waals surface area (Å²) in [4.78, 5) is 30.9. The van der Waals surface area contributed by atoms with Gasteiger partial charge in [-0.15, -0.1) is 0 Å². The number of aliphatic hydroxyl groups excluding tert-OH is 1. The number of aromatic amines is 1. The molecular formula is C25H24N2O5. The molecule has 3 heterocycles. The van der Waals surface area contributed by atoms with Crippen LogP contribution in [0, 0.1) is 0 Å². The molecule has 2 saturated heterocycles. The lowest BCUT2D eigenvalue weighted by Gasteiger charge is -2.27. The minimum atomic E-state index is -0.709. The van der Waals surface area contributed by atoms with Crippen molar-refractivity contribution in [1.29, 1.82) is 0 Å². The number of carbonyl (C=O) groups is 2. The molecule has 2 aliphatic heterocycles. The highest BCUT2D eigenvalue weighted by Gasteiger charge is 2.47. The summed E-state index contributed by atoms with van der Waals surface area (Å²) in [7, 11) is 1.58. The average molecular weight is 432 g/mol. The maximum Gasteiger partial charge on any atom is 0.295 e. The molecule has 0 aliphatic carbocycles. The molecule has 2 aromatic carbocycles. The first-order valence-corrected chi connectivity index (χ1v) is 10.7. The molecule has 1 aromatic heterocycles. The molecule has 2 N–H and O–H groups in total. The number of fused-ring (bicyclic) bond motifs is 1. The fourth-order valence-electron chi connectivity index (χ4n) is 4.62. The van der Waals surface area contributed by atoms with Crippen LogP contribution >= 0.6 is 0 Å². The van der Waals surface area contributed by atoms with Gasteiger partial charge in [0, 0.05) is 35.8 Å². The van der Waals surface area contributed by atoms with Gasteiger partial charge in [-0.25, -0.2) is 0 Å². The average Bonchev–Trinajstić information content (AvgIpc) is 3.54. The minimum Gasteiger partial charge on any atom is -0.507 e. The number of amides is 1. The van der Waals surface area contributed by atoms with Crippen LogP contribution in [0.2, 0.25) is 0 Å². The van der Waals surface area contributed by atoms with E-state index in [1.54, 1.807) is 25.4 Å². The molecule has 2 atom stereocenters. The third kappa shape index (κ3) is 3.35. The first kappa shape index (κ1) is 20.3. The van der Waals surface area contributed by atoms with E-state index in [0.717, 1.165) is 29.3 Å². The molecule has 7 heteroatoms. The summed E-state index contributed by atoms with van der Waals surface area (Å²) < 4.78 is 11.0. The van der Waals surface area contributed by atoms with Crippen molar-refractivity contribution in [3.63, 3.8) is 0 Å². The van der Waals surface area contributed by atoms with Crippen LogP contribution in [0.5, 0.6) is 5.75 Å². The zero-order valence-corrected chi connectivity index (χ0v) is 17.7. The van der Waals surface area contributed by atoms with Crippen molar-refractivity contribution in [1.82, 2.24) is 9.88 Å². The monoisotopic (exact) mass is 432 g/mol. The van der Waals surface area contributed by atoms with E-state index < -0.39 is 17.7 Å². The Morgan fingerprint density at radius 2 is 1.97 bits per heavy atom. The number of benzene rings is 2. The Morgan fingerprint density at radius 3 is 2.69 bits per heavy atom. The third-order valence-corrected chi connectivity index (χ3v) is 6.24. The zero-order valence-electron chi connectivity index (χ0n) is 17.7. The van der Waals surface area contributed by atoms with E-state index in [-0.39, 0.29) is 17.4 Å². The fourth-order valence-corrected chi connectivity index (χ4v) is 4.62. The van der Waals surface area contributed by atoms with Crippen LogP contribution < -0.4 is 4.74 Å². The van der Waals surface area contributed by atoms with Crippen LogP contribution in [0.3, 0.4) is 0 Å². The van der Waals surface area contributed by atoms with Crippen LogP contribution in [0.15, 0.2) is 60.3 Å². The molecule has 32 heavy (non-hydrogen) atoms. The number of hydrogen-bond acceptors (Lipinski definition) is 5. The van der Waals surface area contributed by atoms with Gasteiger partial charge in [0.25, 0.3) is 11.7 Å². The van der Waals surface area contributed by atoms with Crippen molar-refractivity contribution in [3.05, 3.63) is 71.4 Å². The zero-order chi connectivity index (χ0) is 22.2. The second-order valence-electron chi connectivity index (χ2n) is 8.11. The lowest BCUT2D eigenvalue weighted by atomic mass is 9.95. The maximum absolute atomic E-state index is 13.2. The molecule has 7 nitrogen and oxygen atoms in total. The summed E-state index contributed by atoms with van der Waals surface area (Å²) in [6.45, 7) is 0.947. The van der Waals surface area contributed by atoms with Crippen molar-refractivity contribution in [2.45, 2.75) is 25.0 Å². The Bertz CT molecular complexity index is 1200. The number of H-pyrrole nitrogens is 1. The number of aromatic nitrogens is 1. The highest BCUT2D eigenvalue weighted by atomic mass is 16.5. The van der Waals surface area contributed by atoms with Crippen LogP contribution in [0.1, 0.15) is 30.0 Å². The van der Waals surface area contributed by atoms with Gasteiger partial charge in [-0.3, -0.25) is 9.59 Å². The summed E-state index contributed by atoms with van der Waals surface area (Å²) in [5.74, 6) is -0.827. The number of methoxy groups -OCH3 is 1. The SMILES string of the molecule is COc1ccc(C2/C(=C(/O)c3c[nH]c4ccccc34)C(=O)C(=O)N2CC2CCCO2)cc1. The summed E-state index contributed by atoms with van der Waals surface area (Å²) >= 11 is 0. The molecule has 2 unspecified atom stereocenters. The maximum atomic E-state index is 13.2. The van der Waals surface area contributed by atoms with Gasteiger partial charge in [-0.2, -0.15) is 0 Å². The Kier molecular flexibility index (Phi) is 5.19. The first-order chi connectivity index (χ1) is 15.6. The lowest BCUT2D eigenvalue weighted by molar-refractivity contribution is -0.140. The van der Waals surface area contributed by atoms with Gasteiger partial charge in [0.05, 0.1) is 24.8 Å². The van der Waals surface area contributed by atoms with E-state index in [0.29, 0.717) is 24.5 Å². The molecule has 0 radical (unpaired) electrons. The van der Waals surface area contributed by atoms with Gasteiger partial charge in [0.15, 0.2) is 0 Å². The number of rotatable bonds is 5. The summed E-state index contributed by atoms with van der Waals surface area (Å²) in [5.41, 5.74) is 2.14. The number of ketones is 1. The van der Waals surface area contributed by atoms with E-state index in [2.05, 4.69) is 4.98 Å². The second kappa shape index (κ2) is 8.16. The third-order valence-electron chi connectivity index (χ3n) is 6.24. The van der Waals surface area contributed by atoms with Crippen LogP contribution in [-0.2, 0) is 14.3 Å². The van der Waals surface area contributed by atoms with Crippen molar-refractivity contribution >= 4 is 28.4 Å². The van der Waals surface area contributed by atoms with Gasteiger partial charge in [0.2, 0.25) is 0 Å². The molecule has 3 aromatic rings. The number of carbonyl (C=O) groups excluding carboxylic acids is 2. The molecule has 0 spiro atoms. The van der Waals surface area contributed by atoms with E-state index in [1.165, 1.54) is 4.90 Å². The predicted octanol–water partition coefficient (Wildman–Crippen LogP) is 3.78. The Morgan fingerprint density at radius 1 is 1.19 bits per heavy atom. The molecule has 0 bridgehead atoms. The molecule has 2 fully saturated rings. The fraction of sp³-hybridized carbons (Fsp3) is 0.280. The molecule has 0 saturated carbocycles. The van der Waals surface area contributed by atoms with Gasteiger partial charge in [-0.1, -0.05) is 30.3 Å². The quantitative estimate of drug-likeness (QED) is 0.364. The second-order valence-corrected chi connectivity index (χ2v) is 8.11. The number of nitrogens with one attached hydrogen (secondary N) is 1. The van der Waals surface area contributed by atoms with Crippen LogP contribution in [0.4, 0.5) is 0 Å². The summed E-state index contributed by atoms with van der Waals surface area (Å²) in [5, 5.41) is 12.1. The lowest BCUT2D eigenvalue weighted by Crippen LogP contribution is -2.36. The largest absolute Gasteiger partial charge is 0.507 e. The van der Waals surface area contributed by atoms with Crippen LogP contribution in [-0.4, -0.2) is 53.0 Å². The van der Waals surface area contributed by atoms with E-state index in [1.807, 2.05) is 36.4 Å². The molecule has 5 rings (SSSR count). The van der Waals surface area contributed by atoms with Crippen molar-refractivity contribution in [2.24, 2.45) is 0 Å². The smallest absolute Gasteiger partial charge is 0.295 e. The van der Waals surface area contributed by atoms with Crippen molar-refractivity contribution in [2.75, 3.05) is 20.3 Å². The molecule has 164 valence electrons. The number of hydrogen-bond donors (Lipinski definition) is 2. The van der Waals surface area contributed by atoms with Crippen molar-refractivity contribution < 1.29 is 24.2 Å². The summed E-state index contributed by atoms with van der Waals surface area (Å²) in [6, 6.07) is 14.0. The number of nitrogens with zero attached hydrogens (tertiary/aromatic N) is 1. The Hall–Kier alpha value is -3.58. The number of para-hydroxylation sites is 1. The van der Waals surface area contributed by atoms with E-state index >= 15 is 0 Å². The van der Waals surface area contributed by atoms with Gasteiger partial charge in [-0.05, 0) is 36.6 Å². The molecule has 1 amide bonds. The van der Waals surface area contributed by atoms with Crippen LogP contribution in [0.25, 0.3) is 16.7 Å². The predicted molar refractivity (Wildman–Crippen MR) is 119 cm³/mol. The van der Waals surface area contributed by atoms with E-state index in [4.69, 9.17) is 9.47 Å².